The van der Waals surface area contributed by atoms with E-state index in [1.165, 1.54) is 0 Å². The molecule has 3 aromatic rings. The van der Waals surface area contributed by atoms with Gasteiger partial charge in [-0.3, -0.25) is 9.69 Å². The first-order valence-electron chi connectivity index (χ1n) is 11.2. The fourth-order valence-electron chi connectivity index (χ4n) is 4.03. The minimum absolute atomic E-state index is 0.00862. The summed E-state index contributed by atoms with van der Waals surface area (Å²) in [5.74, 6) is 2.19. The molecule has 1 amide bonds. The molecule has 7 heteroatoms. The Bertz CT molecular complexity index is 1000. The van der Waals surface area contributed by atoms with Crippen LogP contribution in [0, 0.1) is 0 Å². The molecular formula is C25H30N4O3. The molecule has 168 valence electrons. The van der Waals surface area contributed by atoms with Gasteiger partial charge in [0.2, 0.25) is 17.7 Å². The Morgan fingerprint density at radius 1 is 1.03 bits per heavy atom. The van der Waals surface area contributed by atoms with Gasteiger partial charge in [-0.25, -0.2) is 0 Å². The second-order valence-corrected chi connectivity index (χ2v) is 8.11. The van der Waals surface area contributed by atoms with Crippen LogP contribution in [0.2, 0.25) is 0 Å². The monoisotopic (exact) mass is 434 g/mol. The molecule has 1 saturated heterocycles. The van der Waals surface area contributed by atoms with Crippen molar-refractivity contribution in [2.75, 3.05) is 33.3 Å². The number of nitrogens with zero attached hydrogens (tertiary/aromatic N) is 4. The number of methoxy groups -OCH3 is 1. The molecule has 1 unspecified atom stereocenters. The Balaban J connectivity index is 1.30. The number of rotatable bonds is 7. The van der Waals surface area contributed by atoms with Gasteiger partial charge in [0.05, 0.1) is 13.2 Å². The number of ether oxygens (including phenoxy) is 1. The molecular weight excluding hydrogens is 404 g/mol. The SMILES string of the molecule is COc1ccc(CCC(=O)N2CCCN(C(C)c3nnc(-c4ccccc4)o3)CC2)cc1. The summed E-state index contributed by atoms with van der Waals surface area (Å²) in [5, 5.41) is 8.50. The van der Waals surface area contributed by atoms with E-state index in [-0.39, 0.29) is 11.9 Å². The summed E-state index contributed by atoms with van der Waals surface area (Å²) in [6, 6.07) is 17.7. The molecule has 1 aromatic heterocycles. The van der Waals surface area contributed by atoms with Crippen molar-refractivity contribution < 1.29 is 13.9 Å². The molecule has 1 fully saturated rings. The van der Waals surface area contributed by atoms with Gasteiger partial charge in [0.15, 0.2) is 0 Å². The molecule has 7 nitrogen and oxygen atoms in total. The lowest BCUT2D eigenvalue weighted by molar-refractivity contribution is -0.131. The molecule has 1 aliphatic heterocycles. The van der Waals surface area contributed by atoms with Gasteiger partial charge < -0.3 is 14.1 Å². The summed E-state index contributed by atoms with van der Waals surface area (Å²) in [4.78, 5) is 17.1. The zero-order valence-corrected chi connectivity index (χ0v) is 18.7. The fraction of sp³-hybridized carbons (Fsp3) is 0.400. The molecule has 0 N–H and O–H groups in total. The Hall–Kier alpha value is -3.19. The van der Waals surface area contributed by atoms with Crippen LogP contribution in [0.4, 0.5) is 0 Å². The molecule has 0 aliphatic carbocycles. The van der Waals surface area contributed by atoms with E-state index in [4.69, 9.17) is 9.15 Å². The predicted octanol–water partition coefficient (Wildman–Crippen LogP) is 3.97. The van der Waals surface area contributed by atoms with Crippen LogP contribution in [0.1, 0.15) is 37.3 Å². The standard InChI is InChI=1S/C25H30N4O3/c1-19(24-26-27-25(32-24)21-7-4-3-5-8-21)28-15-6-16-29(18-17-28)23(30)14-11-20-9-12-22(31-2)13-10-20/h3-5,7-10,12-13,19H,6,11,14-18H2,1-2H3. The topological polar surface area (TPSA) is 71.7 Å². The summed E-state index contributed by atoms with van der Waals surface area (Å²) in [6.45, 7) is 5.27. The third-order valence-electron chi connectivity index (χ3n) is 6.04. The highest BCUT2D eigenvalue weighted by atomic mass is 16.5. The molecule has 0 radical (unpaired) electrons. The minimum atomic E-state index is 0.00862. The van der Waals surface area contributed by atoms with Crippen molar-refractivity contribution in [3.05, 3.63) is 66.1 Å². The second kappa shape index (κ2) is 10.4. The van der Waals surface area contributed by atoms with Crippen LogP contribution in [0.25, 0.3) is 11.5 Å². The van der Waals surface area contributed by atoms with Crippen LogP contribution in [0.5, 0.6) is 5.75 Å². The van der Waals surface area contributed by atoms with Gasteiger partial charge in [0.25, 0.3) is 0 Å². The van der Waals surface area contributed by atoms with E-state index in [0.29, 0.717) is 24.7 Å². The number of hydrogen-bond donors (Lipinski definition) is 0. The smallest absolute Gasteiger partial charge is 0.247 e. The maximum Gasteiger partial charge on any atom is 0.247 e. The Morgan fingerprint density at radius 2 is 1.81 bits per heavy atom. The van der Waals surface area contributed by atoms with Crippen LogP contribution in [0.15, 0.2) is 59.0 Å². The third-order valence-corrected chi connectivity index (χ3v) is 6.04. The zero-order chi connectivity index (χ0) is 22.3. The molecule has 2 heterocycles. The van der Waals surface area contributed by atoms with E-state index in [9.17, 15) is 4.79 Å². The van der Waals surface area contributed by atoms with E-state index in [1.54, 1.807) is 7.11 Å². The first-order chi connectivity index (χ1) is 15.6. The van der Waals surface area contributed by atoms with E-state index in [1.807, 2.05) is 59.5 Å². The van der Waals surface area contributed by atoms with Crippen molar-refractivity contribution >= 4 is 5.91 Å². The number of hydrogen-bond acceptors (Lipinski definition) is 6. The number of amides is 1. The van der Waals surface area contributed by atoms with Gasteiger partial charge in [-0.05, 0) is 49.6 Å². The van der Waals surface area contributed by atoms with E-state index < -0.39 is 0 Å². The Kier molecular flexibility index (Phi) is 7.17. The lowest BCUT2D eigenvalue weighted by atomic mass is 10.1. The highest BCUT2D eigenvalue weighted by Crippen LogP contribution is 2.25. The molecule has 0 bridgehead atoms. The van der Waals surface area contributed by atoms with Gasteiger partial charge in [-0.2, -0.15) is 0 Å². The van der Waals surface area contributed by atoms with Gasteiger partial charge in [0.1, 0.15) is 5.75 Å². The average molecular weight is 435 g/mol. The molecule has 1 aliphatic rings. The fourth-order valence-corrected chi connectivity index (χ4v) is 4.03. The quantitative estimate of drug-likeness (QED) is 0.560. The maximum absolute atomic E-state index is 12.8. The normalized spacial score (nSPS) is 15.9. The highest BCUT2D eigenvalue weighted by Gasteiger charge is 2.25. The van der Waals surface area contributed by atoms with Crippen LogP contribution in [-0.2, 0) is 11.2 Å². The van der Waals surface area contributed by atoms with Gasteiger partial charge in [0, 0.05) is 38.2 Å². The summed E-state index contributed by atoms with van der Waals surface area (Å²) >= 11 is 0. The van der Waals surface area contributed by atoms with Crippen LogP contribution >= 0.6 is 0 Å². The molecule has 4 rings (SSSR count). The minimum Gasteiger partial charge on any atom is -0.497 e. The van der Waals surface area contributed by atoms with E-state index in [2.05, 4.69) is 22.0 Å². The zero-order valence-electron chi connectivity index (χ0n) is 18.7. The van der Waals surface area contributed by atoms with Crippen molar-refractivity contribution in [1.82, 2.24) is 20.0 Å². The van der Waals surface area contributed by atoms with Gasteiger partial charge in [-0.15, -0.1) is 10.2 Å². The van der Waals surface area contributed by atoms with Crippen LogP contribution in [-0.4, -0.2) is 59.2 Å². The first kappa shape index (κ1) is 22.0. The highest BCUT2D eigenvalue weighted by molar-refractivity contribution is 5.76. The summed E-state index contributed by atoms with van der Waals surface area (Å²) in [6.07, 6.45) is 2.19. The molecule has 32 heavy (non-hydrogen) atoms. The van der Waals surface area contributed by atoms with Crippen molar-refractivity contribution in [3.63, 3.8) is 0 Å². The number of carbonyl (C=O) groups is 1. The van der Waals surface area contributed by atoms with E-state index >= 15 is 0 Å². The predicted molar refractivity (Wildman–Crippen MR) is 122 cm³/mol. The van der Waals surface area contributed by atoms with Gasteiger partial charge in [-0.1, -0.05) is 30.3 Å². The molecule has 0 spiro atoms. The number of aryl methyl sites for hydroxylation is 1. The van der Waals surface area contributed by atoms with Crippen molar-refractivity contribution in [3.8, 4) is 17.2 Å². The van der Waals surface area contributed by atoms with Crippen LogP contribution < -0.4 is 4.74 Å². The molecule has 2 aromatic carbocycles. The average Bonchev–Trinajstić information content (AvgIpc) is 3.21. The van der Waals surface area contributed by atoms with Crippen LogP contribution in [0.3, 0.4) is 0 Å². The van der Waals surface area contributed by atoms with Crippen molar-refractivity contribution in [2.24, 2.45) is 0 Å². The number of aromatic nitrogens is 2. The summed E-state index contributed by atoms with van der Waals surface area (Å²) in [7, 11) is 1.66. The lowest BCUT2D eigenvalue weighted by Crippen LogP contribution is -2.36. The van der Waals surface area contributed by atoms with E-state index in [0.717, 1.165) is 49.4 Å². The Labute approximate surface area is 189 Å². The summed E-state index contributed by atoms with van der Waals surface area (Å²) < 4.78 is 11.1. The van der Waals surface area contributed by atoms with Crippen molar-refractivity contribution in [2.45, 2.75) is 32.2 Å². The number of carbonyl (C=O) groups excluding carboxylic acids is 1. The third kappa shape index (κ3) is 5.34. The lowest BCUT2D eigenvalue weighted by Gasteiger charge is -2.25. The largest absolute Gasteiger partial charge is 0.497 e. The Morgan fingerprint density at radius 3 is 2.56 bits per heavy atom. The second-order valence-electron chi connectivity index (χ2n) is 8.11. The van der Waals surface area contributed by atoms with Gasteiger partial charge >= 0.3 is 0 Å². The first-order valence-corrected chi connectivity index (χ1v) is 11.2. The molecule has 1 atom stereocenters. The molecule has 0 saturated carbocycles. The number of benzene rings is 2. The summed E-state index contributed by atoms with van der Waals surface area (Å²) in [5.41, 5.74) is 2.07. The van der Waals surface area contributed by atoms with Crippen molar-refractivity contribution in [1.29, 1.82) is 0 Å². The maximum atomic E-state index is 12.8.